The number of thiazole rings is 1. The summed E-state index contributed by atoms with van der Waals surface area (Å²) >= 11 is 1.71. The molecule has 1 aliphatic heterocycles. The highest BCUT2D eigenvalue weighted by molar-refractivity contribution is 7.11. The van der Waals surface area contributed by atoms with E-state index in [-0.39, 0.29) is 11.9 Å². The van der Waals surface area contributed by atoms with E-state index in [1.807, 2.05) is 17.9 Å². The number of pyridine rings is 1. The molecular formula is C17H19N5OS. The van der Waals surface area contributed by atoms with Crippen LogP contribution >= 0.6 is 11.3 Å². The van der Waals surface area contributed by atoms with Gasteiger partial charge in [0.1, 0.15) is 11.3 Å². The third kappa shape index (κ3) is 2.58. The van der Waals surface area contributed by atoms with E-state index in [1.54, 1.807) is 28.1 Å². The van der Waals surface area contributed by atoms with Gasteiger partial charge in [0.05, 0.1) is 11.7 Å². The number of nitrogens with zero attached hydrogens (tertiary/aromatic N) is 5. The number of rotatable bonds is 2. The Bertz CT molecular complexity index is 880. The summed E-state index contributed by atoms with van der Waals surface area (Å²) in [6.45, 7) is 4.90. The molecule has 7 heteroatoms. The van der Waals surface area contributed by atoms with Crippen LogP contribution in [0.2, 0.25) is 0 Å². The highest BCUT2D eigenvalue weighted by Gasteiger charge is 2.31. The van der Waals surface area contributed by atoms with Gasteiger partial charge < -0.3 is 4.90 Å². The number of likely N-dealkylation sites (tertiary alicyclic amines) is 1. The molecule has 4 heterocycles. The molecule has 24 heavy (non-hydrogen) atoms. The number of fused-ring (bicyclic) bond motifs is 1. The molecule has 1 unspecified atom stereocenters. The Kier molecular flexibility index (Phi) is 3.80. The lowest BCUT2D eigenvalue weighted by atomic mass is 10.0. The number of hydrogen-bond donors (Lipinski definition) is 0. The quantitative estimate of drug-likeness (QED) is 0.718. The smallest absolute Gasteiger partial charge is 0.254 e. The van der Waals surface area contributed by atoms with E-state index < -0.39 is 0 Å². The number of hydrogen-bond acceptors (Lipinski definition) is 5. The first-order chi connectivity index (χ1) is 11.6. The van der Waals surface area contributed by atoms with E-state index >= 15 is 0 Å². The molecule has 3 aromatic rings. The van der Waals surface area contributed by atoms with Crippen molar-refractivity contribution < 1.29 is 4.79 Å². The Hall–Kier alpha value is -2.28. The number of aryl methyl sites for hydroxylation is 2. The van der Waals surface area contributed by atoms with E-state index in [2.05, 4.69) is 17.0 Å². The first-order valence-corrected chi connectivity index (χ1v) is 8.99. The van der Waals surface area contributed by atoms with Crippen LogP contribution in [0.15, 0.2) is 24.7 Å². The van der Waals surface area contributed by atoms with Crippen LogP contribution in [0, 0.1) is 13.8 Å². The average molecular weight is 341 g/mol. The molecule has 0 aromatic carbocycles. The monoisotopic (exact) mass is 341 g/mol. The lowest BCUT2D eigenvalue weighted by molar-refractivity contribution is 0.0611. The highest BCUT2D eigenvalue weighted by atomic mass is 32.1. The summed E-state index contributed by atoms with van der Waals surface area (Å²) in [6, 6.07) is 3.70. The molecule has 3 aromatic heterocycles. The number of piperidine rings is 1. The first kappa shape index (κ1) is 15.3. The van der Waals surface area contributed by atoms with Gasteiger partial charge in [0.15, 0.2) is 5.65 Å². The van der Waals surface area contributed by atoms with Crippen molar-refractivity contribution >= 4 is 22.9 Å². The predicted molar refractivity (Wildman–Crippen MR) is 92.2 cm³/mol. The molecule has 0 radical (unpaired) electrons. The zero-order valence-electron chi connectivity index (χ0n) is 13.8. The summed E-state index contributed by atoms with van der Waals surface area (Å²) in [7, 11) is 0. The van der Waals surface area contributed by atoms with Gasteiger partial charge in [-0.3, -0.25) is 4.79 Å². The van der Waals surface area contributed by atoms with Crippen LogP contribution in [0.25, 0.3) is 5.65 Å². The molecule has 0 aliphatic carbocycles. The maximum absolute atomic E-state index is 13.1. The second kappa shape index (κ2) is 5.98. The van der Waals surface area contributed by atoms with Gasteiger partial charge >= 0.3 is 0 Å². The lowest BCUT2D eigenvalue weighted by Crippen LogP contribution is -2.38. The standard InChI is InChI=1S/C17H19N5OS/c1-11-12(2)24-16(20-11)14-5-3-4-7-21(14)17(23)13-6-8-22-15(9-13)18-10-19-22/h6,8-10,14H,3-5,7H2,1-2H3. The van der Waals surface area contributed by atoms with E-state index in [9.17, 15) is 4.79 Å². The molecule has 0 N–H and O–H groups in total. The normalized spacial score (nSPS) is 18.2. The number of carbonyl (C=O) groups is 1. The average Bonchev–Trinajstić information content (AvgIpc) is 3.20. The van der Waals surface area contributed by atoms with Gasteiger partial charge in [-0.25, -0.2) is 14.5 Å². The third-order valence-electron chi connectivity index (χ3n) is 4.62. The summed E-state index contributed by atoms with van der Waals surface area (Å²) in [4.78, 5) is 25.2. The van der Waals surface area contributed by atoms with Crippen LogP contribution < -0.4 is 0 Å². The molecule has 124 valence electrons. The number of carbonyl (C=O) groups excluding carboxylic acids is 1. The molecule has 1 fully saturated rings. The molecule has 1 aliphatic rings. The number of amides is 1. The van der Waals surface area contributed by atoms with Crippen molar-refractivity contribution in [2.45, 2.75) is 39.2 Å². The van der Waals surface area contributed by atoms with Crippen molar-refractivity contribution in [1.29, 1.82) is 0 Å². The molecule has 1 amide bonds. The van der Waals surface area contributed by atoms with Crippen LogP contribution in [0.3, 0.4) is 0 Å². The van der Waals surface area contributed by atoms with Crippen LogP contribution in [-0.4, -0.2) is 36.9 Å². The minimum Gasteiger partial charge on any atom is -0.329 e. The van der Waals surface area contributed by atoms with E-state index in [0.29, 0.717) is 11.2 Å². The summed E-state index contributed by atoms with van der Waals surface area (Å²) in [5.41, 5.74) is 2.42. The molecular weight excluding hydrogens is 322 g/mol. The van der Waals surface area contributed by atoms with Gasteiger partial charge in [0.2, 0.25) is 0 Å². The van der Waals surface area contributed by atoms with Crippen molar-refractivity contribution in [3.8, 4) is 0 Å². The fraction of sp³-hybridized carbons (Fsp3) is 0.412. The highest BCUT2D eigenvalue weighted by Crippen LogP contribution is 2.35. The van der Waals surface area contributed by atoms with E-state index in [4.69, 9.17) is 4.98 Å². The first-order valence-electron chi connectivity index (χ1n) is 8.18. The maximum atomic E-state index is 13.1. The Morgan fingerprint density at radius 2 is 2.21 bits per heavy atom. The lowest BCUT2D eigenvalue weighted by Gasteiger charge is -2.34. The number of aromatic nitrogens is 4. The minimum atomic E-state index is 0.0516. The Morgan fingerprint density at radius 3 is 3.00 bits per heavy atom. The van der Waals surface area contributed by atoms with E-state index in [0.717, 1.165) is 36.5 Å². The SMILES string of the molecule is Cc1nc(C2CCCCN2C(=O)c2ccn3ncnc3c2)sc1C. The van der Waals surface area contributed by atoms with Gasteiger partial charge in [0, 0.05) is 23.2 Å². The van der Waals surface area contributed by atoms with Crippen molar-refractivity contribution in [3.05, 3.63) is 45.8 Å². The Balaban J connectivity index is 1.67. The topological polar surface area (TPSA) is 63.4 Å². The summed E-state index contributed by atoms with van der Waals surface area (Å²) in [5, 5.41) is 5.14. The second-order valence-corrected chi connectivity index (χ2v) is 7.42. The molecule has 1 atom stereocenters. The van der Waals surface area contributed by atoms with Gasteiger partial charge in [-0.1, -0.05) is 0 Å². The van der Waals surface area contributed by atoms with Crippen molar-refractivity contribution in [1.82, 2.24) is 24.5 Å². The van der Waals surface area contributed by atoms with Crippen molar-refractivity contribution in [3.63, 3.8) is 0 Å². The molecule has 1 saturated heterocycles. The Morgan fingerprint density at radius 1 is 1.33 bits per heavy atom. The molecule has 0 bridgehead atoms. The van der Waals surface area contributed by atoms with Crippen molar-refractivity contribution in [2.24, 2.45) is 0 Å². The zero-order valence-corrected chi connectivity index (χ0v) is 14.6. The second-order valence-electron chi connectivity index (χ2n) is 6.18. The van der Waals surface area contributed by atoms with Crippen molar-refractivity contribution in [2.75, 3.05) is 6.54 Å². The Labute approximate surface area is 144 Å². The molecule has 0 saturated carbocycles. The fourth-order valence-electron chi connectivity index (χ4n) is 3.19. The van der Waals surface area contributed by atoms with Crippen LogP contribution in [0.1, 0.15) is 51.2 Å². The van der Waals surface area contributed by atoms with E-state index in [1.165, 1.54) is 11.2 Å². The summed E-state index contributed by atoms with van der Waals surface area (Å²) in [6.07, 6.45) is 6.43. The van der Waals surface area contributed by atoms with Crippen LogP contribution in [-0.2, 0) is 0 Å². The molecule has 4 rings (SSSR count). The third-order valence-corrected chi connectivity index (χ3v) is 5.80. The van der Waals surface area contributed by atoms with Gasteiger partial charge in [0.25, 0.3) is 5.91 Å². The largest absolute Gasteiger partial charge is 0.329 e. The summed E-state index contributed by atoms with van der Waals surface area (Å²) in [5.74, 6) is 0.0516. The van der Waals surface area contributed by atoms with Gasteiger partial charge in [-0.15, -0.1) is 11.3 Å². The molecule has 0 spiro atoms. The predicted octanol–water partition coefficient (Wildman–Crippen LogP) is 3.17. The zero-order chi connectivity index (χ0) is 16.7. The molecule has 6 nitrogen and oxygen atoms in total. The summed E-state index contributed by atoms with van der Waals surface area (Å²) < 4.78 is 1.66. The van der Waals surface area contributed by atoms with Crippen LogP contribution in [0.5, 0.6) is 0 Å². The minimum absolute atomic E-state index is 0.0516. The van der Waals surface area contributed by atoms with Gasteiger partial charge in [-0.2, -0.15) is 5.10 Å². The van der Waals surface area contributed by atoms with Gasteiger partial charge in [-0.05, 0) is 45.2 Å². The maximum Gasteiger partial charge on any atom is 0.254 e. The van der Waals surface area contributed by atoms with Crippen LogP contribution in [0.4, 0.5) is 0 Å². The fourth-order valence-corrected chi connectivity index (χ4v) is 4.26.